The molecule has 0 aliphatic heterocycles. The minimum Gasteiger partial charge on any atom is -0.392 e. The van der Waals surface area contributed by atoms with E-state index < -0.39 is 0 Å². The summed E-state index contributed by atoms with van der Waals surface area (Å²) in [5.41, 5.74) is 0.762. The van der Waals surface area contributed by atoms with Gasteiger partial charge in [-0.15, -0.1) is 0 Å². The maximum absolute atomic E-state index is 8.80. The van der Waals surface area contributed by atoms with Crippen LogP contribution < -0.4 is 0 Å². The Kier molecular flexibility index (Phi) is 4.90. The SMILES string of the molecule is CCC(C)CSc1ncc(CO)cn1. The summed E-state index contributed by atoms with van der Waals surface area (Å²) in [6.45, 7) is 4.41. The molecule has 4 heteroatoms. The summed E-state index contributed by atoms with van der Waals surface area (Å²) < 4.78 is 0. The molecule has 0 aromatic carbocycles. The molecular formula is C10H16N2OS. The van der Waals surface area contributed by atoms with E-state index in [9.17, 15) is 0 Å². The van der Waals surface area contributed by atoms with E-state index in [1.807, 2.05) is 0 Å². The van der Waals surface area contributed by atoms with Gasteiger partial charge in [-0.2, -0.15) is 0 Å². The second-order valence-corrected chi connectivity index (χ2v) is 4.34. The highest BCUT2D eigenvalue weighted by molar-refractivity contribution is 7.99. The number of thioether (sulfide) groups is 1. The Morgan fingerprint density at radius 1 is 1.43 bits per heavy atom. The first-order valence-corrected chi connectivity index (χ1v) is 5.79. The fraction of sp³-hybridized carbons (Fsp3) is 0.600. The number of hydrogen-bond acceptors (Lipinski definition) is 4. The molecule has 1 rings (SSSR count). The largest absolute Gasteiger partial charge is 0.392 e. The van der Waals surface area contributed by atoms with E-state index in [4.69, 9.17) is 5.11 Å². The van der Waals surface area contributed by atoms with Gasteiger partial charge in [-0.05, 0) is 5.92 Å². The predicted octanol–water partition coefficient (Wildman–Crippen LogP) is 2.11. The van der Waals surface area contributed by atoms with Gasteiger partial charge in [0, 0.05) is 23.7 Å². The molecule has 0 spiro atoms. The zero-order valence-electron chi connectivity index (χ0n) is 8.60. The lowest BCUT2D eigenvalue weighted by molar-refractivity contribution is 0.280. The van der Waals surface area contributed by atoms with Crippen molar-refractivity contribution in [1.82, 2.24) is 9.97 Å². The van der Waals surface area contributed by atoms with Crippen LogP contribution in [-0.4, -0.2) is 20.8 Å². The maximum atomic E-state index is 8.80. The molecule has 0 amide bonds. The minimum absolute atomic E-state index is 0.0102. The lowest BCUT2D eigenvalue weighted by Crippen LogP contribution is -1.97. The van der Waals surface area contributed by atoms with Crippen molar-refractivity contribution in [2.24, 2.45) is 5.92 Å². The van der Waals surface area contributed by atoms with Gasteiger partial charge in [0.2, 0.25) is 0 Å². The number of aromatic nitrogens is 2. The van der Waals surface area contributed by atoms with Gasteiger partial charge in [-0.25, -0.2) is 9.97 Å². The third kappa shape index (κ3) is 3.64. The molecule has 0 fully saturated rings. The number of aliphatic hydroxyl groups excluding tert-OH is 1. The van der Waals surface area contributed by atoms with E-state index in [-0.39, 0.29) is 6.61 Å². The first-order valence-electron chi connectivity index (χ1n) is 4.80. The first-order chi connectivity index (χ1) is 6.76. The van der Waals surface area contributed by atoms with Crippen LogP contribution in [0.1, 0.15) is 25.8 Å². The molecule has 0 aliphatic carbocycles. The quantitative estimate of drug-likeness (QED) is 0.600. The molecule has 0 radical (unpaired) electrons. The third-order valence-electron chi connectivity index (χ3n) is 2.06. The van der Waals surface area contributed by atoms with Gasteiger partial charge in [0.15, 0.2) is 5.16 Å². The van der Waals surface area contributed by atoms with E-state index in [1.165, 1.54) is 6.42 Å². The molecule has 78 valence electrons. The standard InChI is InChI=1S/C10H16N2OS/c1-3-8(2)7-14-10-11-4-9(6-13)5-12-10/h4-5,8,13H,3,6-7H2,1-2H3. The zero-order chi connectivity index (χ0) is 10.4. The Morgan fingerprint density at radius 2 is 2.07 bits per heavy atom. The van der Waals surface area contributed by atoms with Crippen molar-refractivity contribution in [3.05, 3.63) is 18.0 Å². The Labute approximate surface area is 89.0 Å². The monoisotopic (exact) mass is 212 g/mol. The van der Waals surface area contributed by atoms with Crippen molar-refractivity contribution in [3.8, 4) is 0 Å². The number of rotatable bonds is 5. The molecule has 1 atom stereocenters. The molecule has 0 bridgehead atoms. The highest BCUT2D eigenvalue weighted by atomic mass is 32.2. The van der Waals surface area contributed by atoms with Crippen molar-refractivity contribution >= 4 is 11.8 Å². The summed E-state index contributed by atoms with van der Waals surface area (Å²) >= 11 is 1.67. The van der Waals surface area contributed by atoms with Crippen LogP contribution in [0.2, 0.25) is 0 Å². The van der Waals surface area contributed by atoms with Crippen LogP contribution in [-0.2, 0) is 6.61 Å². The topological polar surface area (TPSA) is 46.0 Å². The van der Waals surface area contributed by atoms with Gasteiger partial charge < -0.3 is 5.11 Å². The Balaban J connectivity index is 2.43. The lowest BCUT2D eigenvalue weighted by atomic mass is 10.2. The van der Waals surface area contributed by atoms with Crippen molar-refractivity contribution in [1.29, 1.82) is 0 Å². The summed E-state index contributed by atoms with van der Waals surface area (Å²) in [5.74, 6) is 1.75. The minimum atomic E-state index is 0.0102. The highest BCUT2D eigenvalue weighted by Crippen LogP contribution is 2.17. The van der Waals surface area contributed by atoms with Gasteiger partial charge >= 0.3 is 0 Å². The Hall–Kier alpha value is -0.610. The zero-order valence-corrected chi connectivity index (χ0v) is 9.42. The summed E-state index contributed by atoms with van der Waals surface area (Å²) in [7, 11) is 0. The van der Waals surface area contributed by atoms with Gasteiger partial charge in [-0.1, -0.05) is 32.0 Å². The van der Waals surface area contributed by atoms with Crippen molar-refractivity contribution in [3.63, 3.8) is 0 Å². The van der Waals surface area contributed by atoms with E-state index >= 15 is 0 Å². The maximum Gasteiger partial charge on any atom is 0.187 e. The molecule has 3 nitrogen and oxygen atoms in total. The lowest BCUT2D eigenvalue weighted by Gasteiger charge is -2.06. The second-order valence-electron chi connectivity index (χ2n) is 3.36. The van der Waals surface area contributed by atoms with E-state index in [0.29, 0.717) is 5.92 Å². The van der Waals surface area contributed by atoms with Crippen LogP contribution in [0, 0.1) is 5.92 Å². The molecule has 0 saturated carbocycles. The number of nitrogens with zero attached hydrogens (tertiary/aromatic N) is 2. The van der Waals surface area contributed by atoms with Gasteiger partial charge in [0.25, 0.3) is 0 Å². The fourth-order valence-electron chi connectivity index (χ4n) is 0.834. The molecule has 1 N–H and O–H groups in total. The van der Waals surface area contributed by atoms with Crippen molar-refractivity contribution in [2.45, 2.75) is 32.0 Å². The highest BCUT2D eigenvalue weighted by Gasteiger charge is 2.02. The van der Waals surface area contributed by atoms with E-state index in [0.717, 1.165) is 16.5 Å². The summed E-state index contributed by atoms with van der Waals surface area (Å²) in [4.78, 5) is 8.30. The molecule has 14 heavy (non-hydrogen) atoms. The summed E-state index contributed by atoms with van der Waals surface area (Å²) in [6.07, 6.45) is 4.53. The smallest absolute Gasteiger partial charge is 0.187 e. The molecule has 0 aliphatic rings. The van der Waals surface area contributed by atoms with Crippen LogP contribution in [0.4, 0.5) is 0 Å². The van der Waals surface area contributed by atoms with Crippen LogP contribution in [0.15, 0.2) is 17.6 Å². The average Bonchev–Trinajstić information content (AvgIpc) is 2.26. The van der Waals surface area contributed by atoms with Gasteiger partial charge in [-0.3, -0.25) is 0 Å². The molecule has 1 aromatic rings. The first kappa shape index (κ1) is 11.5. The van der Waals surface area contributed by atoms with Gasteiger partial charge in [0.05, 0.1) is 6.61 Å². The van der Waals surface area contributed by atoms with Gasteiger partial charge in [0.1, 0.15) is 0 Å². The third-order valence-corrected chi connectivity index (χ3v) is 3.26. The molecule has 1 aromatic heterocycles. The average molecular weight is 212 g/mol. The summed E-state index contributed by atoms with van der Waals surface area (Å²) in [6, 6.07) is 0. The fourth-order valence-corrected chi connectivity index (χ4v) is 1.76. The Morgan fingerprint density at radius 3 is 2.57 bits per heavy atom. The van der Waals surface area contributed by atoms with E-state index in [2.05, 4.69) is 23.8 Å². The number of hydrogen-bond donors (Lipinski definition) is 1. The summed E-state index contributed by atoms with van der Waals surface area (Å²) in [5, 5.41) is 9.59. The predicted molar refractivity (Wildman–Crippen MR) is 58.1 cm³/mol. The normalized spacial score (nSPS) is 12.8. The number of aliphatic hydroxyl groups is 1. The molecule has 0 saturated heterocycles. The Bertz CT molecular complexity index is 263. The van der Waals surface area contributed by atoms with Crippen LogP contribution in [0.5, 0.6) is 0 Å². The van der Waals surface area contributed by atoms with Crippen LogP contribution >= 0.6 is 11.8 Å². The van der Waals surface area contributed by atoms with Crippen LogP contribution in [0.25, 0.3) is 0 Å². The van der Waals surface area contributed by atoms with Crippen molar-refractivity contribution in [2.75, 3.05) is 5.75 Å². The molecule has 1 unspecified atom stereocenters. The second kappa shape index (κ2) is 5.98. The molecule has 1 heterocycles. The molecular weight excluding hydrogens is 196 g/mol. The van der Waals surface area contributed by atoms with Crippen LogP contribution in [0.3, 0.4) is 0 Å². The van der Waals surface area contributed by atoms with E-state index in [1.54, 1.807) is 24.2 Å². The van der Waals surface area contributed by atoms with Crippen molar-refractivity contribution < 1.29 is 5.11 Å².